The number of aromatic nitrogens is 2. The lowest BCUT2D eigenvalue weighted by Crippen LogP contribution is -2.16. The minimum Gasteiger partial charge on any atom is -0.325 e. The number of carbonyl (C=O) groups excluding carboxylic acids is 1. The van der Waals surface area contributed by atoms with Crippen molar-refractivity contribution in [1.82, 2.24) is 9.97 Å². The molecule has 0 bridgehead atoms. The lowest BCUT2D eigenvalue weighted by molar-refractivity contribution is -0.113. The number of carbonyl (C=O) groups is 1. The fraction of sp³-hybridized carbons (Fsp3) is 0.389. The van der Waals surface area contributed by atoms with Crippen molar-refractivity contribution in [3.05, 3.63) is 51.4 Å². The molecule has 2 aromatic rings. The van der Waals surface area contributed by atoms with Crippen LogP contribution in [-0.2, 0) is 10.5 Å². The average Bonchev–Trinajstić information content (AvgIpc) is 2.57. The predicted octanol–water partition coefficient (Wildman–Crippen LogP) is 3.76. The maximum Gasteiger partial charge on any atom is 0.251 e. The molecule has 1 heterocycles. The van der Waals surface area contributed by atoms with E-state index in [-0.39, 0.29) is 17.2 Å². The third-order valence-corrected chi connectivity index (χ3v) is 5.66. The quantitative estimate of drug-likeness (QED) is 0.416. The number of nitrogens with zero attached hydrogens (tertiary/aromatic N) is 1. The fourth-order valence-corrected chi connectivity index (χ4v) is 3.64. The number of hydrogen-bond donors (Lipinski definition) is 2. The summed E-state index contributed by atoms with van der Waals surface area (Å²) in [5, 5.41) is 3.39. The molecule has 2 N–H and O–H groups in total. The lowest BCUT2D eigenvalue weighted by atomic mass is 10.1. The van der Waals surface area contributed by atoms with Crippen LogP contribution >= 0.6 is 23.5 Å². The Bertz CT molecular complexity index is 790. The first-order chi connectivity index (χ1) is 12.0. The molecule has 0 fully saturated rings. The molecule has 1 amide bonds. The van der Waals surface area contributed by atoms with Gasteiger partial charge in [-0.25, -0.2) is 4.98 Å². The number of rotatable bonds is 8. The zero-order valence-electron chi connectivity index (χ0n) is 14.7. The number of nitrogens with one attached hydrogen (secondary N) is 2. The molecule has 0 atom stereocenters. The summed E-state index contributed by atoms with van der Waals surface area (Å²) in [6.07, 6.45) is 1.09. The van der Waals surface area contributed by atoms with Crippen LogP contribution in [0.5, 0.6) is 0 Å². The van der Waals surface area contributed by atoms with Gasteiger partial charge in [-0.15, -0.1) is 0 Å². The van der Waals surface area contributed by atoms with Crippen LogP contribution in [0.3, 0.4) is 0 Å². The molecule has 1 aromatic carbocycles. The van der Waals surface area contributed by atoms with E-state index in [2.05, 4.69) is 22.2 Å². The summed E-state index contributed by atoms with van der Waals surface area (Å²) < 4.78 is 0. The summed E-state index contributed by atoms with van der Waals surface area (Å²) in [7, 11) is 0. The van der Waals surface area contributed by atoms with Crippen molar-refractivity contribution in [1.29, 1.82) is 0 Å². The SMILES string of the molecule is CCCSCc1cc(=O)[nH]c(SCC(=O)Nc2cccc(C)c2C)n1. The molecule has 1 aromatic heterocycles. The normalized spacial score (nSPS) is 10.7. The van der Waals surface area contributed by atoms with Gasteiger partial charge in [-0.05, 0) is 43.2 Å². The van der Waals surface area contributed by atoms with Crippen molar-refractivity contribution in [2.45, 2.75) is 38.1 Å². The lowest BCUT2D eigenvalue weighted by Gasteiger charge is -2.10. The molecule has 7 heteroatoms. The number of amides is 1. The van der Waals surface area contributed by atoms with Gasteiger partial charge in [0.25, 0.3) is 5.56 Å². The summed E-state index contributed by atoms with van der Waals surface area (Å²) >= 11 is 2.99. The first-order valence-electron chi connectivity index (χ1n) is 8.16. The number of aryl methyl sites for hydroxylation is 1. The first-order valence-corrected chi connectivity index (χ1v) is 10.3. The summed E-state index contributed by atoms with van der Waals surface area (Å²) in [5.41, 5.74) is 3.58. The van der Waals surface area contributed by atoms with Crippen LogP contribution in [0, 0.1) is 13.8 Å². The molecule has 0 aliphatic carbocycles. The maximum atomic E-state index is 12.2. The number of benzene rings is 1. The molecule has 5 nitrogen and oxygen atoms in total. The number of anilines is 1. The Morgan fingerprint density at radius 2 is 2.12 bits per heavy atom. The van der Waals surface area contributed by atoms with E-state index >= 15 is 0 Å². The van der Waals surface area contributed by atoms with Gasteiger partial charge in [-0.2, -0.15) is 11.8 Å². The second-order valence-electron chi connectivity index (χ2n) is 5.68. The summed E-state index contributed by atoms with van der Waals surface area (Å²) in [4.78, 5) is 31.0. The second-order valence-corrected chi connectivity index (χ2v) is 7.75. The highest BCUT2D eigenvalue weighted by atomic mass is 32.2. The Balaban J connectivity index is 1.95. The monoisotopic (exact) mass is 377 g/mol. The molecular formula is C18H23N3O2S2. The van der Waals surface area contributed by atoms with Gasteiger partial charge in [0.15, 0.2) is 5.16 Å². The van der Waals surface area contributed by atoms with Gasteiger partial charge < -0.3 is 10.3 Å². The zero-order valence-corrected chi connectivity index (χ0v) is 16.4. The van der Waals surface area contributed by atoms with Gasteiger partial charge in [0.2, 0.25) is 5.91 Å². The minimum atomic E-state index is -0.181. The molecular weight excluding hydrogens is 354 g/mol. The smallest absolute Gasteiger partial charge is 0.251 e. The molecule has 0 spiro atoms. The molecule has 0 unspecified atom stereocenters. The van der Waals surface area contributed by atoms with Crippen molar-refractivity contribution in [3.63, 3.8) is 0 Å². The molecule has 0 saturated carbocycles. The zero-order chi connectivity index (χ0) is 18.2. The highest BCUT2D eigenvalue weighted by Gasteiger charge is 2.09. The standard InChI is InChI=1S/C18H23N3O2S2/c1-4-8-24-10-14-9-16(22)21-18(19-14)25-11-17(23)20-15-7-5-6-12(2)13(15)3/h5-7,9H,4,8,10-11H2,1-3H3,(H,20,23)(H,19,21,22). The van der Waals surface area contributed by atoms with Crippen LogP contribution < -0.4 is 10.9 Å². The Morgan fingerprint density at radius 1 is 1.32 bits per heavy atom. The molecule has 0 radical (unpaired) electrons. The molecule has 0 saturated heterocycles. The third kappa shape index (κ3) is 6.25. The Morgan fingerprint density at radius 3 is 2.88 bits per heavy atom. The minimum absolute atomic E-state index is 0.118. The van der Waals surface area contributed by atoms with Crippen molar-refractivity contribution >= 4 is 35.1 Å². The van der Waals surface area contributed by atoms with E-state index in [4.69, 9.17) is 0 Å². The fourth-order valence-electron chi connectivity index (χ4n) is 2.15. The molecule has 0 aliphatic heterocycles. The Kier molecular flexibility index (Phi) is 7.58. The molecule has 0 aliphatic rings. The maximum absolute atomic E-state index is 12.2. The van der Waals surface area contributed by atoms with Gasteiger partial charge >= 0.3 is 0 Å². The van der Waals surface area contributed by atoms with Gasteiger partial charge in [-0.1, -0.05) is 30.8 Å². The van der Waals surface area contributed by atoms with Crippen LogP contribution in [-0.4, -0.2) is 27.4 Å². The van der Waals surface area contributed by atoms with E-state index in [1.807, 2.05) is 32.0 Å². The molecule has 134 valence electrons. The Labute approximate surface area is 156 Å². The van der Waals surface area contributed by atoms with E-state index in [1.165, 1.54) is 17.8 Å². The predicted molar refractivity (Wildman–Crippen MR) is 107 cm³/mol. The van der Waals surface area contributed by atoms with Gasteiger partial charge in [0, 0.05) is 17.5 Å². The summed E-state index contributed by atoms with van der Waals surface area (Å²) in [6, 6.07) is 7.33. The van der Waals surface area contributed by atoms with E-state index in [9.17, 15) is 9.59 Å². The van der Waals surface area contributed by atoms with Crippen LogP contribution in [0.15, 0.2) is 34.2 Å². The molecule has 25 heavy (non-hydrogen) atoms. The third-order valence-electron chi connectivity index (χ3n) is 3.59. The van der Waals surface area contributed by atoms with Crippen molar-refractivity contribution in [2.75, 3.05) is 16.8 Å². The van der Waals surface area contributed by atoms with Crippen LogP contribution in [0.25, 0.3) is 0 Å². The highest BCUT2D eigenvalue weighted by molar-refractivity contribution is 7.99. The molecule has 2 rings (SSSR count). The van der Waals surface area contributed by atoms with E-state index in [0.29, 0.717) is 10.9 Å². The topological polar surface area (TPSA) is 74.8 Å². The van der Waals surface area contributed by atoms with Gasteiger partial charge in [-0.3, -0.25) is 9.59 Å². The summed E-state index contributed by atoms with van der Waals surface area (Å²) in [6.45, 7) is 6.11. The van der Waals surface area contributed by atoms with E-state index in [1.54, 1.807) is 11.8 Å². The van der Waals surface area contributed by atoms with Crippen molar-refractivity contribution < 1.29 is 4.79 Å². The highest BCUT2D eigenvalue weighted by Crippen LogP contribution is 2.19. The van der Waals surface area contributed by atoms with Gasteiger partial charge in [0.05, 0.1) is 11.4 Å². The number of hydrogen-bond acceptors (Lipinski definition) is 5. The largest absolute Gasteiger partial charge is 0.325 e. The van der Waals surface area contributed by atoms with Crippen LogP contribution in [0.2, 0.25) is 0 Å². The van der Waals surface area contributed by atoms with Gasteiger partial charge in [0.1, 0.15) is 0 Å². The summed E-state index contributed by atoms with van der Waals surface area (Å²) in [5.74, 6) is 1.82. The number of thioether (sulfide) groups is 2. The van der Waals surface area contributed by atoms with E-state index < -0.39 is 0 Å². The Hall–Kier alpha value is -1.73. The van der Waals surface area contributed by atoms with Crippen LogP contribution in [0.4, 0.5) is 5.69 Å². The van der Waals surface area contributed by atoms with Crippen LogP contribution in [0.1, 0.15) is 30.2 Å². The number of H-pyrrole nitrogens is 1. The van der Waals surface area contributed by atoms with Crippen molar-refractivity contribution in [2.24, 2.45) is 0 Å². The number of aromatic amines is 1. The second kappa shape index (κ2) is 9.68. The van der Waals surface area contributed by atoms with Crippen molar-refractivity contribution in [3.8, 4) is 0 Å². The average molecular weight is 378 g/mol. The first kappa shape index (κ1) is 19.6. The van der Waals surface area contributed by atoms with E-state index in [0.717, 1.165) is 34.7 Å².